The van der Waals surface area contributed by atoms with Gasteiger partial charge >= 0.3 is 6.18 Å². The second kappa shape index (κ2) is 7.06. The highest BCUT2D eigenvalue weighted by Gasteiger charge is 2.36. The standard InChI is InChI=1S/C14H12BrF3N8O/c1-7(10-22-12(15)24-26(10)13-19-4-3-5-20-13)21-11(27)8-6-9(14(16,17)18)25(2)23-8/h3-7H,1-2H3,(H,21,27). The van der Waals surface area contributed by atoms with Crippen molar-refractivity contribution in [2.45, 2.75) is 19.1 Å². The Morgan fingerprint density at radius 3 is 2.52 bits per heavy atom. The van der Waals surface area contributed by atoms with E-state index in [4.69, 9.17) is 0 Å². The molecule has 0 fully saturated rings. The van der Waals surface area contributed by atoms with Crippen LogP contribution in [0.25, 0.3) is 5.95 Å². The molecule has 1 unspecified atom stereocenters. The van der Waals surface area contributed by atoms with E-state index in [1.165, 1.54) is 17.1 Å². The van der Waals surface area contributed by atoms with Crippen LogP contribution in [0.15, 0.2) is 29.3 Å². The lowest BCUT2D eigenvalue weighted by atomic mass is 10.2. The summed E-state index contributed by atoms with van der Waals surface area (Å²) in [6.45, 7) is 1.60. The summed E-state index contributed by atoms with van der Waals surface area (Å²) in [5.41, 5.74) is -1.39. The number of rotatable bonds is 4. The average molecular weight is 445 g/mol. The summed E-state index contributed by atoms with van der Waals surface area (Å²) in [6.07, 6.45) is -1.59. The predicted molar refractivity (Wildman–Crippen MR) is 88.7 cm³/mol. The molecule has 13 heteroatoms. The molecule has 1 amide bonds. The fourth-order valence-electron chi connectivity index (χ4n) is 2.30. The van der Waals surface area contributed by atoms with Gasteiger partial charge in [-0.25, -0.2) is 15.0 Å². The molecule has 1 N–H and O–H groups in total. The summed E-state index contributed by atoms with van der Waals surface area (Å²) in [4.78, 5) is 24.6. The van der Waals surface area contributed by atoms with Gasteiger partial charge in [-0.15, -0.1) is 5.10 Å². The Kier molecular flexibility index (Phi) is 4.95. The second-order valence-corrected chi connectivity index (χ2v) is 6.14. The summed E-state index contributed by atoms with van der Waals surface area (Å²) in [7, 11) is 1.11. The van der Waals surface area contributed by atoms with Crippen molar-refractivity contribution in [2.75, 3.05) is 0 Å². The number of halogens is 4. The largest absolute Gasteiger partial charge is 0.433 e. The smallest absolute Gasteiger partial charge is 0.341 e. The average Bonchev–Trinajstić information content (AvgIpc) is 3.18. The van der Waals surface area contributed by atoms with Crippen molar-refractivity contribution in [2.24, 2.45) is 7.05 Å². The third-order valence-corrected chi connectivity index (χ3v) is 3.82. The summed E-state index contributed by atoms with van der Waals surface area (Å²) in [5, 5.41) is 10.3. The Labute approximate surface area is 158 Å². The normalized spacial score (nSPS) is 12.8. The molecule has 0 aliphatic heterocycles. The monoisotopic (exact) mass is 444 g/mol. The summed E-state index contributed by atoms with van der Waals surface area (Å²) in [5.74, 6) is -0.273. The van der Waals surface area contributed by atoms with Crippen LogP contribution in [0, 0.1) is 0 Å². The Morgan fingerprint density at radius 1 is 1.26 bits per heavy atom. The second-order valence-electron chi connectivity index (χ2n) is 5.43. The van der Waals surface area contributed by atoms with Gasteiger partial charge in [0.25, 0.3) is 11.9 Å². The molecule has 9 nitrogen and oxygen atoms in total. The quantitative estimate of drug-likeness (QED) is 0.660. The number of carbonyl (C=O) groups excluding carboxylic acids is 1. The molecule has 0 spiro atoms. The number of carbonyl (C=O) groups is 1. The molecule has 27 heavy (non-hydrogen) atoms. The summed E-state index contributed by atoms with van der Waals surface area (Å²) in [6, 6.07) is 1.60. The molecule has 0 bridgehead atoms. The van der Waals surface area contributed by atoms with Crippen LogP contribution in [-0.4, -0.2) is 40.4 Å². The summed E-state index contributed by atoms with van der Waals surface area (Å²) >= 11 is 3.14. The van der Waals surface area contributed by atoms with Gasteiger partial charge in [0.1, 0.15) is 5.69 Å². The van der Waals surface area contributed by atoms with E-state index in [-0.39, 0.29) is 22.2 Å². The number of amides is 1. The van der Waals surface area contributed by atoms with Crippen molar-refractivity contribution in [1.82, 2.24) is 39.8 Å². The highest BCUT2D eigenvalue weighted by Crippen LogP contribution is 2.29. The Balaban J connectivity index is 1.84. The molecule has 3 heterocycles. The minimum atomic E-state index is -4.61. The van der Waals surface area contributed by atoms with Crippen LogP contribution in [0.3, 0.4) is 0 Å². The first-order valence-electron chi connectivity index (χ1n) is 7.48. The molecule has 0 aromatic carbocycles. The number of nitrogens with zero attached hydrogens (tertiary/aromatic N) is 7. The predicted octanol–water partition coefficient (Wildman–Crippen LogP) is 2.06. The highest BCUT2D eigenvalue weighted by molar-refractivity contribution is 9.10. The maximum absolute atomic E-state index is 12.9. The maximum atomic E-state index is 12.9. The fourth-order valence-corrected chi connectivity index (χ4v) is 2.64. The van der Waals surface area contributed by atoms with Crippen molar-refractivity contribution < 1.29 is 18.0 Å². The van der Waals surface area contributed by atoms with E-state index in [1.807, 2.05) is 0 Å². The molecule has 0 aliphatic rings. The first kappa shape index (κ1) is 18.9. The zero-order chi connectivity index (χ0) is 19.8. The van der Waals surface area contributed by atoms with Crippen LogP contribution >= 0.6 is 15.9 Å². The SMILES string of the molecule is CC(NC(=O)c1cc(C(F)(F)F)n(C)n1)c1nc(Br)nn1-c1ncccn1. The van der Waals surface area contributed by atoms with Gasteiger partial charge in [-0.2, -0.15) is 23.0 Å². The first-order valence-corrected chi connectivity index (χ1v) is 8.28. The van der Waals surface area contributed by atoms with Gasteiger partial charge in [0.05, 0.1) is 6.04 Å². The van der Waals surface area contributed by atoms with Gasteiger partial charge in [-0.1, -0.05) is 0 Å². The molecule has 3 aromatic heterocycles. The van der Waals surface area contributed by atoms with E-state index in [0.717, 1.165) is 7.05 Å². The number of hydrogen-bond donors (Lipinski definition) is 1. The van der Waals surface area contributed by atoms with Crippen LogP contribution < -0.4 is 5.32 Å². The van der Waals surface area contributed by atoms with Crippen LogP contribution in [0.2, 0.25) is 0 Å². The Morgan fingerprint density at radius 2 is 1.93 bits per heavy atom. The zero-order valence-corrected chi connectivity index (χ0v) is 15.5. The van der Waals surface area contributed by atoms with Crippen LogP contribution in [0.1, 0.15) is 35.0 Å². The molecule has 1 atom stereocenters. The molecule has 0 aliphatic carbocycles. The first-order chi connectivity index (χ1) is 12.7. The van der Waals surface area contributed by atoms with Crippen molar-refractivity contribution in [1.29, 1.82) is 0 Å². The lowest BCUT2D eigenvalue weighted by molar-refractivity contribution is -0.143. The number of alkyl halides is 3. The minimum Gasteiger partial charge on any atom is -0.341 e. The minimum absolute atomic E-state index is 0.226. The van der Waals surface area contributed by atoms with Gasteiger partial charge in [0.15, 0.2) is 11.5 Å². The fraction of sp³-hybridized carbons (Fsp3) is 0.286. The lowest BCUT2D eigenvalue weighted by Crippen LogP contribution is -2.29. The zero-order valence-electron chi connectivity index (χ0n) is 13.9. The lowest BCUT2D eigenvalue weighted by Gasteiger charge is -2.12. The molecular weight excluding hydrogens is 433 g/mol. The van der Waals surface area contributed by atoms with Crippen LogP contribution in [0.5, 0.6) is 0 Å². The third kappa shape index (κ3) is 3.97. The van der Waals surface area contributed by atoms with Crippen molar-refractivity contribution in [3.63, 3.8) is 0 Å². The van der Waals surface area contributed by atoms with Gasteiger partial charge in [-0.3, -0.25) is 9.48 Å². The van der Waals surface area contributed by atoms with Crippen LogP contribution in [0.4, 0.5) is 13.2 Å². The van der Waals surface area contributed by atoms with Gasteiger partial charge in [-0.05, 0) is 28.9 Å². The van der Waals surface area contributed by atoms with Crippen molar-refractivity contribution in [3.8, 4) is 5.95 Å². The van der Waals surface area contributed by atoms with Crippen LogP contribution in [-0.2, 0) is 13.2 Å². The molecule has 3 aromatic rings. The topological polar surface area (TPSA) is 103 Å². The molecule has 142 valence electrons. The van der Waals surface area contributed by atoms with E-state index in [9.17, 15) is 18.0 Å². The number of aryl methyl sites for hydroxylation is 1. The van der Waals surface area contributed by atoms with Gasteiger partial charge in [0.2, 0.25) is 4.73 Å². The Bertz CT molecular complexity index is 969. The van der Waals surface area contributed by atoms with E-state index < -0.39 is 23.8 Å². The highest BCUT2D eigenvalue weighted by atomic mass is 79.9. The van der Waals surface area contributed by atoms with E-state index in [0.29, 0.717) is 10.7 Å². The Hall–Kier alpha value is -2.83. The van der Waals surface area contributed by atoms with Gasteiger partial charge < -0.3 is 5.32 Å². The van der Waals surface area contributed by atoms with E-state index in [1.54, 1.807) is 13.0 Å². The molecule has 3 rings (SSSR count). The number of nitrogens with one attached hydrogen (secondary N) is 1. The van der Waals surface area contributed by atoms with Gasteiger partial charge in [0, 0.05) is 25.5 Å². The van der Waals surface area contributed by atoms with E-state index >= 15 is 0 Å². The number of hydrogen-bond acceptors (Lipinski definition) is 6. The molecule has 0 saturated heterocycles. The summed E-state index contributed by atoms with van der Waals surface area (Å²) < 4.78 is 40.8. The maximum Gasteiger partial charge on any atom is 0.433 e. The van der Waals surface area contributed by atoms with Crippen molar-refractivity contribution >= 4 is 21.8 Å². The number of aromatic nitrogens is 7. The molecular formula is C14H12BrF3N8O. The van der Waals surface area contributed by atoms with E-state index in [2.05, 4.69) is 46.4 Å². The van der Waals surface area contributed by atoms with Crippen molar-refractivity contribution in [3.05, 3.63) is 46.5 Å². The molecule has 0 saturated carbocycles. The molecule has 0 radical (unpaired) electrons. The third-order valence-electron chi connectivity index (χ3n) is 3.49.